The average molecular weight is 345 g/mol. The molecule has 4 heteroatoms. The molecule has 0 saturated carbocycles. The quantitative estimate of drug-likeness (QED) is 0.833. The molecule has 94 valence electrons. The topological polar surface area (TPSA) is 26.0 Å². The van der Waals surface area contributed by atoms with Gasteiger partial charge in [0.05, 0.1) is 10.0 Å². The highest BCUT2D eigenvalue weighted by Gasteiger charge is 2.13. The molecule has 2 aromatic carbocycles. The third kappa shape index (κ3) is 3.07. The first-order chi connectivity index (χ1) is 8.59. The second-order valence-electron chi connectivity index (χ2n) is 4.05. The summed E-state index contributed by atoms with van der Waals surface area (Å²) in [5, 5.41) is 1.08. The van der Waals surface area contributed by atoms with E-state index in [0.717, 1.165) is 15.6 Å². The lowest BCUT2D eigenvalue weighted by Crippen LogP contribution is -2.14. The summed E-state index contributed by atoms with van der Waals surface area (Å²) < 4.78 is 1.05. The largest absolute Gasteiger partial charge is 0.324 e. The van der Waals surface area contributed by atoms with Crippen LogP contribution in [0.4, 0.5) is 0 Å². The minimum absolute atomic E-state index is 0.171. The molecule has 2 rings (SSSR count). The van der Waals surface area contributed by atoms with Crippen LogP contribution in [0.15, 0.2) is 46.9 Å². The van der Waals surface area contributed by atoms with Crippen LogP contribution in [0, 0.1) is 0 Å². The standard InChI is InChI=1S/C14H12BrCl2N/c15-11-6-2-1-4-9(11)8-13(18)10-5-3-7-12(16)14(10)17/h1-7,13H,8,18H2. The monoisotopic (exact) mass is 343 g/mol. The fraction of sp³-hybridized carbons (Fsp3) is 0.143. The number of halogens is 3. The van der Waals surface area contributed by atoms with Crippen molar-refractivity contribution in [3.63, 3.8) is 0 Å². The Morgan fingerprint density at radius 1 is 1.06 bits per heavy atom. The van der Waals surface area contributed by atoms with E-state index in [1.807, 2.05) is 36.4 Å². The summed E-state index contributed by atoms with van der Waals surface area (Å²) >= 11 is 15.7. The molecule has 1 nitrogen and oxygen atoms in total. The molecule has 0 amide bonds. The number of nitrogens with two attached hydrogens (primary N) is 1. The van der Waals surface area contributed by atoms with E-state index in [4.69, 9.17) is 28.9 Å². The molecule has 0 spiro atoms. The summed E-state index contributed by atoms with van der Waals surface area (Å²) in [6.45, 7) is 0. The number of hydrogen-bond acceptors (Lipinski definition) is 1. The van der Waals surface area contributed by atoms with Crippen molar-refractivity contribution in [1.29, 1.82) is 0 Å². The van der Waals surface area contributed by atoms with Gasteiger partial charge in [0.15, 0.2) is 0 Å². The Hall–Kier alpha value is -0.540. The lowest BCUT2D eigenvalue weighted by atomic mass is 10.00. The molecular formula is C14H12BrCl2N. The Labute approximate surface area is 125 Å². The van der Waals surface area contributed by atoms with Crippen LogP contribution >= 0.6 is 39.1 Å². The molecule has 1 unspecified atom stereocenters. The van der Waals surface area contributed by atoms with E-state index < -0.39 is 0 Å². The van der Waals surface area contributed by atoms with E-state index in [2.05, 4.69) is 15.9 Å². The summed E-state index contributed by atoms with van der Waals surface area (Å²) in [7, 11) is 0. The van der Waals surface area contributed by atoms with Gasteiger partial charge in [0.1, 0.15) is 0 Å². The molecule has 2 aromatic rings. The second kappa shape index (κ2) is 6.07. The van der Waals surface area contributed by atoms with Crippen molar-refractivity contribution in [2.75, 3.05) is 0 Å². The molecule has 0 fully saturated rings. The van der Waals surface area contributed by atoms with Gasteiger partial charge in [-0.2, -0.15) is 0 Å². The predicted molar refractivity (Wildman–Crippen MR) is 81.2 cm³/mol. The van der Waals surface area contributed by atoms with Crippen molar-refractivity contribution in [3.05, 3.63) is 68.1 Å². The van der Waals surface area contributed by atoms with Gasteiger partial charge in [0, 0.05) is 10.5 Å². The van der Waals surface area contributed by atoms with E-state index in [1.165, 1.54) is 0 Å². The zero-order valence-corrected chi connectivity index (χ0v) is 12.6. The van der Waals surface area contributed by atoms with Crippen LogP contribution in [-0.4, -0.2) is 0 Å². The van der Waals surface area contributed by atoms with Crippen LogP contribution in [0.1, 0.15) is 17.2 Å². The van der Waals surface area contributed by atoms with Gasteiger partial charge in [-0.25, -0.2) is 0 Å². The van der Waals surface area contributed by atoms with Gasteiger partial charge in [-0.1, -0.05) is 69.5 Å². The minimum atomic E-state index is -0.171. The van der Waals surface area contributed by atoms with E-state index >= 15 is 0 Å². The Bertz CT molecular complexity index is 557. The summed E-state index contributed by atoms with van der Waals surface area (Å²) in [6.07, 6.45) is 0.710. The summed E-state index contributed by atoms with van der Waals surface area (Å²) in [5.41, 5.74) is 8.23. The number of hydrogen-bond donors (Lipinski definition) is 1. The lowest BCUT2D eigenvalue weighted by molar-refractivity contribution is 0.720. The van der Waals surface area contributed by atoms with Crippen LogP contribution < -0.4 is 5.73 Å². The Morgan fingerprint density at radius 3 is 2.50 bits per heavy atom. The van der Waals surface area contributed by atoms with Crippen LogP contribution in [-0.2, 0) is 6.42 Å². The van der Waals surface area contributed by atoms with Gasteiger partial charge in [0.25, 0.3) is 0 Å². The second-order valence-corrected chi connectivity index (χ2v) is 5.68. The Kier molecular flexibility index (Phi) is 4.68. The van der Waals surface area contributed by atoms with Crippen molar-refractivity contribution in [3.8, 4) is 0 Å². The van der Waals surface area contributed by atoms with Crippen molar-refractivity contribution < 1.29 is 0 Å². The third-order valence-electron chi connectivity index (χ3n) is 2.78. The first-order valence-corrected chi connectivity index (χ1v) is 7.07. The molecule has 0 heterocycles. The van der Waals surface area contributed by atoms with Gasteiger partial charge < -0.3 is 5.73 Å². The van der Waals surface area contributed by atoms with Crippen LogP contribution in [0.2, 0.25) is 10.0 Å². The molecule has 0 saturated heterocycles. The zero-order chi connectivity index (χ0) is 13.1. The molecule has 0 aliphatic heterocycles. The molecule has 2 N–H and O–H groups in total. The van der Waals surface area contributed by atoms with Crippen LogP contribution in [0.3, 0.4) is 0 Å². The third-order valence-corrected chi connectivity index (χ3v) is 4.39. The van der Waals surface area contributed by atoms with E-state index in [-0.39, 0.29) is 6.04 Å². The van der Waals surface area contributed by atoms with Crippen LogP contribution in [0.25, 0.3) is 0 Å². The van der Waals surface area contributed by atoms with E-state index in [1.54, 1.807) is 6.07 Å². The fourth-order valence-corrected chi connectivity index (χ4v) is 2.71. The fourth-order valence-electron chi connectivity index (χ4n) is 1.82. The van der Waals surface area contributed by atoms with Gasteiger partial charge in [0.2, 0.25) is 0 Å². The predicted octanol–water partition coefficient (Wildman–Crippen LogP) is 5.00. The van der Waals surface area contributed by atoms with Crippen molar-refractivity contribution in [2.24, 2.45) is 5.73 Å². The van der Waals surface area contributed by atoms with Gasteiger partial charge >= 0.3 is 0 Å². The van der Waals surface area contributed by atoms with Crippen molar-refractivity contribution in [2.45, 2.75) is 12.5 Å². The number of benzene rings is 2. The highest BCUT2D eigenvalue weighted by atomic mass is 79.9. The normalized spacial score (nSPS) is 12.4. The number of rotatable bonds is 3. The molecule has 0 aromatic heterocycles. The summed E-state index contributed by atoms with van der Waals surface area (Å²) in [4.78, 5) is 0. The summed E-state index contributed by atoms with van der Waals surface area (Å²) in [5.74, 6) is 0. The summed E-state index contributed by atoms with van der Waals surface area (Å²) in [6, 6.07) is 13.4. The maximum atomic E-state index is 6.20. The molecule has 1 atom stereocenters. The van der Waals surface area contributed by atoms with E-state index in [9.17, 15) is 0 Å². The first kappa shape index (κ1) is 13.9. The molecule has 0 bridgehead atoms. The van der Waals surface area contributed by atoms with Crippen molar-refractivity contribution in [1.82, 2.24) is 0 Å². The van der Waals surface area contributed by atoms with E-state index in [0.29, 0.717) is 16.5 Å². The highest BCUT2D eigenvalue weighted by molar-refractivity contribution is 9.10. The van der Waals surface area contributed by atoms with Gasteiger partial charge in [-0.3, -0.25) is 0 Å². The molecular weight excluding hydrogens is 333 g/mol. The Balaban J connectivity index is 2.25. The molecule has 0 aliphatic rings. The highest BCUT2D eigenvalue weighted by Crippen LogP contribution is 2.31. The smallest absolute Gasteiger partial charge is 0.0640 e. The lowest BCUT2D eigenvalue weighted by Gasteiger charge is -2.15. The maximum Gasteiger partial charge on any atom is 0.0640 e. The molecule has 0 radical (unpaired) electrons. The Morgan fingerprint density at radius 2 is 1.78 bits per heavy atom. The zero-order valence-electron chi connectivity index (χ0n) is 9.54. The average Bonchev–Trinajstić information content (AvgIpc) is 2.35. The first-order valence-electron chi connectivity index (χ1n) is 5.52. The van der Waals surface area contributed by atoms with Crippen molar-refractivity contribution >= 4 is 39.1 Å². The SMILES string of the molecule is NC(Cc1ccccc1Br)c1cccc(Cl)c1Cl. The van der Waals surface area contributed by atoms with Gasteiger partial charge in [-0.05, 0) is 29.7 Å². The maximum absolute atomic E-state index is 6.20. The minimum Gasteiger partial charge on any atom is -0.324 e. The molecule has 0 aliphatic carbocycles. The molecule has 18 heavy (non-hydrogen) atoms. The van der Waals surface area contributed by atoms with Gasteiger partial charge in [-0.15, -0.1) is 0 Å². The van der Waals surface area contributed by atoms with Crippen LogP contribution in [0.5, 0.6) is 0 Å².